The molecule has 9 heteroatoms. The van der Waals surface area contributed by atoms with Gasteiger partial charge in [-0.2, -0.15) is 0 Å². The summed E-state index contributed by atoms with van der Waals surface area (Å²) in [5.41, 5.74) is 3.68. The van der Waals surface area contributed by atoms with Gasteiger partial charge in [0.2, 0.25) is 10.0 Å². The molecule has 34 heavy (non-hydrogen) atoms. The number of hydrogen-bond acceptors (Lipinski definition) is 6. The maximum atomic E-state index is 13.3. The zero-order chi connectivity index (χ0) is 24.8. The lowest BCUT2D eigenvalue weighted by molar-refractivity contribution is -0.143. The molecule has 0 radical (unpaired) electrons. The van der Waals surface area contributed by atoms with E-state index in [2.05, 4.69) is 18.8 Å². The van der Waals surface area contributed by atoms with Gasteiger partial charge in [-0.1, -0.05) is 19.9 Å². The van der Waals surface area contributed by atoms with Gasteiger partial charge in [0.05, 0.1) is 11.9 Å². The van der Waals surface area contributed by atoms with E-state index < -0.39 is 10.0 Å². The number of esters is 1. The van der Waals surface area contributed by atoms with Crippen LogP contribution in [0.3, 0.4) is 0 Å². The Kier molecular flexibility index (Phi) is 6.35. The second-order valence-corrected chi connectivity index (χ2v) is 12.3. The summed E-state index contributed by atoms with van der Waals surface area (Å²) in [5.74, 6) is 0.0868. The summed E-state index contributed by atoms with van der Waals surface area (Å²) in [6.45, 7) is 8.13. The Labute approximate surface area is 201 Å². The quantitative estimate of drug-likeness (QED) is 0.529. The van der Waals surface area contributed by atoms with Crippen LogP contribution in [0.15, 0.2) is 18.3 Å². The average molecular weight is 488 g/mol. The van der Waals surface area contributed by atoms with Crippen LogP contribution in [-0.4, -0.2) is 48.6 Å². The highest BCUT2D eigenvalue weighted by atomic mass is 32.2. The molecule has 0 saturated heterocycles. The van der Waals surface area contributed by atoms with Gasteiger partial charge in [0.15, 0.2) is 5.78 Å². The molecule has 1 saturated carbocycles. The first-order valence-electron chi connectivity index (χ1n) is 11.8. The molecular formula is C25H33N3O5S. The van der Waals surface area contributed by atoms with Crippen molar-refractivity contribution in [2.45, 2.75) is 71.6 Å². The van der Waals surface area contributed by atoms with Crippen molar-refractivity contribution < 1.29 is 22.7 Å². The number of carbonyl (C=O) groups is 2. The van der Waals surface area contributed by atoms with Crippen molar-refractivity contribution in [1.82, 2.24) is 9.55 Å². The molecule has 2 heterocycles. The highest BCUT2D eigenvalue weighted by molar-refractivity contribution is 7.93. The third-order valence-corrected chi connectivity index (χ3v) is 9.02. The number of Topliss-reactive ketones (excluding diaryl/α,β-unsaturated/α-hetero) is 1. The van der Waals surface area contributed by atoms with Crippen molar-refractivity contribution in [2.24, 2.45) is 5.41 Å². The summed E-state index contributed by atoms with van der Waals surface area (Å²) in [6.07, 6.45) is 4.37. The van der Waals surface area contributed by atoms with Gasteiger partial charge in [-0.25, -0.2) is 13.4 Å². The Hall–Kier alpha value is -2.68. The number of pyridine rings is 1. The van der Waals surface area contributed by atoms with Crippen LogP contribution in [0.25, 0.3) is 0 Å². The fourth-order valence-corrected chi connectivity index (χ4v) is 6.51. The largest absolute Gasteiger partial charge is 0.465 e. The Morgan fingerprint density at radius 1 is 1.29 bits per heavy atom. The summed E-state index contributed by atoms with van der Waals surface area (Å²) < 4.78 is 34.1. The number of carbonyl (C=O) groups excluding carboxylic acids is 2. The number of sulfonamides is 1. The normalized spacial score (nSPS) is 17.4. The average Bonchev–Trinajstić information content (AvgIpc) is 3.58. The Morgan fingerprint density at radius 2 is 2.00 bits per heavy atom. The molecule has 0 spiro atoms. The second kappa shape index (κ2) is 8.83. The Balaban J connectivity index is 1.79. The molecule has 0 aromatic carbocycles. The number of nitrogens with zero attached hydrogens (tertiary/aromatic N) is 3. The standard InChI is InChI=1S/C25H33N3O5S/c1-6-33-22(30)15-28-16(2)19(23-20(28)13-25(3,4)14-21(23)29)12-17-8-7-11-26-24(17)27(5)34(31,32)18-9-10-18/h7-8,11,18H,6,9-10,12-15H2,1-5H3. The molecule has 1 fully saturated rings. The molecule has 0 unspecified atom stereocenters. The van der Waals surface area contributed by atoms with E-state index in [0.717, 1.165) is 22.5 Å². The van der Waals surface area contributed by atoms with Crippen LogP contribution >= 0.6 is 0 Å². The molecule has 2 aliphatic carbocycles. The van der Waals surface area contributed by atoms with Crippen LogP contribution in [0, 0.1) is 12.3 Å². The van der Waals surface area contributed by atoms with E-state index in [1.165, 1.54) is 4.31 Å². The van der Waals surface area contributed by atoms with Crippen LogP contribution in [0.5, 0.6) is 0 Å². The predicted octanol–water partition coefficient (Wildman–Crippen LogP) is 3.43. The number of ketones is 1. The molecule has 0 amide bonds. The van der Waals surface area contributed by atoms with Gasteiger partial charge in [0.25, 0.3) is 0 Å². The van der Waals surface area contributed by atoms with Crippen molar-refractivity contribution in [3.8, 4) is 0 Å². The summed E-state index contributed by atoms with van der Waals surface area (Å²) in [6, 6.07) is 3.63. The predicted molar refractivity (Wildman–Crippen MR) is 130 cm³/mol. The van der Waals surface area contributed by atoms with Crippen LogP contribution < -0.4 is 4.31 Å². The van der Waals surface area contributed by atoms with Gasteiger partial charge in [-0.05, 0) is 50.2 Å². The van der Waals surface area contributed by atoms with Crippen molar-refractivity contribution in [1.29, 1.82) is 0 Å². The number of rotatable bonds is 8. The Bertz CT molecular complexity index is 1240. The van der Waals surface area contributed by atoms with E-state index in [-0.39, 0.29) is 29.0 Å². The van der Waals surface area contributed by atoms with Crippen LogP contribution in [0.1, 0.15) is 72.9 Å². The third kappa shape index (κ3) is 4.50. The molecule has 184 valence electrons. The summed E-state index contributed by atoms with van der Waals surface area (Å²) >= 11 is 0. The molecule has 2 aromatic heterocycles. The van der Waals surface area contributed by atoms with Crippen LogP contribution in [-0.2, 0) is 38.9 Å². The number of fused-ring (bicyclic) bond motifs is 1. The van der Waals surface area contributed by atoms with E-state index in [4.69, 9.17) is 4.74 Å². The third-order valence-electron chi connectivity index (χ3n) is 6.77. The maximum Gasteiger partial charge on any atom is 0.325 e. The molecule has 0 N–H and O–H groups in total. The number of anilines is 1. The number of ether oxygens (including phenoxy) is 1. The van der Waals surface area contributed by atoms with E-state index in [1.54, 1.807) is 26.2 Å². The molecule has 0 atom stereocenters. The van der Waals surface area contributed by atoms with Crippen molar-refractivity contribution >= 4 is 27.6 Å². The minimum absolute atomic E-state index is 0.0429. The zero-order valence-corrected chi connectivity index (χ0v) is 21.4. The molecule has 8 nitrogen and oxygen atoms in total. The maximum absolute atomic E-state index is 13.3. The first kappa shape index (κ1) is 24.4. The van der Waals surface area contributed by atoms with Gasteiger partial charge in [-0.15, -0.1) is 0 Å². The van der Waals surface area contributed by atoms with Gasteiger partial charge < -0.3 is 9.30 Å². The first-order chi connectivity index (χ1) is 16.0. The lowest BCUT2D eigenvalue weighted by Gasteiger charge is -2.30. The SMILES string of the molecule is CCOC(=O)Cn1c(C)c(Cc2cccnc2N(C)S(=O)(=O)C2CC2)c2c1CC(C)(C)CC2=O. The highest BCUT2D eigenvalue weighted by Crippen LogP contribution is 2.40. The smallest absolute Gasteiger partial charge is 0.325 e. The van der Waals surface area contributed by atoms with E-state index >= 15 is 0 Å². The topological polar surface area (TPSA) is 98.6 Å². The van der Waals surface area contributed by atoms with Gasteiger partial charge in [-0.3, -0.25) is 13.9 Å². The fourth-order valence-electron chi connectivity index (χ4n) is 4.93. The summed E-state index contributed by atoms with van der Waals surface area (Å²) in [4.78, 5) is 30.1. The Morgan fingerprint density at radius 3 is 2.65 bits per heavy atom. The zero-order valence-electron chi connectivity index (χ0n) is 20.6. The van der Waals surface area contributed by atoms with E-state index in [1.807, 2.05) is 17.6 Å². The lowest BCUT2D eigenvalue weighted by atomic mass is 9.75. The number of hydrogen-bond donors (Lipinski definition) is 0. The van der Waals surface area contributed by atoms with E-state index in [9.17, 15) is 18.0 Å². The monoisotopic (exact) mass is 487 g/mol. The minimum atomic E-state index is -3.47. The van der Waals surface area contributed by atoms with Crippen molar-refractivity contribution in [2.75, 3.05) is 18.0 Å². The number of aromatic nitrogens is 2. The van der Waals surface area contributed by atoms with Gasteiger partial charge in [0.1, 0.15) is 12.4 Å². The van der Waals surface area contributed by atoms with Crippen LogP contribution in [0.2, 0.25) is 0 Å². The molecule has 2 aromatic rings. The van der Waals surface area contributed by atoms with Crippen molar-refractivity contribution in [3.63, 3.8) is 0 Å². The van der Waals surface area contributed by atoms with Gasteiger partial charge in [0, 0.05) is 48.6 Å². The van der Waals surface area contributed by atoms with E-state index in [0.29, 0.717) is 50.1 Å². The molecule has 0 bridgehead atoms. The summed E-state index contributed by atoms with van der Waals surface area (Å²) in [7, 11) is -1.92. The fraction of sp³-hybridized carbons (Fsp3) is 0.560. The minimum Gasteiger partial charge on any atom is -0.465 e. The van der Waals surface area contributed by atoms with Gasteiger partial charge >= 0.3 is 5.97 Å². The molecule has 0 aliphatic heterocycles. The molecule has 4 rings (SSSR count). The van der Waals surface area contributed by atoms with Crippen molar-refractivity contribution in [3.05, 3.63) is 46.4 Å². The lowest BCUT2D eigenvalue weighted by Crippen LogP contribution is -2.31. The summed E-state index contributed by atoms with van der Waals surface area (Å²) in [5, 5.41) is -0.351. The second-order valence-electron chi connectivity index (χ2n) is 10.1. The first-order valence-corrected chi connectivity index (χ1v) is 13.3. The highest BCUT2D eigenvalue weighted by Gasteiger charge is 2.40. The van der Waals surface area contributed by atoms with Crippen LogP contribution in [0.4, 0.5) is 5.82 Å². The molecular weight excluding hydrogens is 454 g/mol. The molecule has 2 aliphatic rings.